The van der Waals surface area contributed by atoms with Gasteiger partial charge in [-0.05, 0) is 18.4 Å². The molecule has 2 aromatic rings. The van der Waals surface area contributed by atoms with E-state index >= 15 is 0 Å². The van der Waals surface area contributed by atoms with Gasteiger partial charge in [0.15, 0.2) is 5.82 Å². The molecule has 0 radical (unpaired) electrons. The lowest BCUT2D eigenvalue weighted by atomic mass is 9.64. The van der Waals surface area contributed by atoms with E-state index in [0.717, 1.165) is 19.3 Å². The Morgan fingerprint density at radius 3 is 2.63 bits per heavy atom. The molecule has 1 aliphatic rings. The van der Waals surface area contributed by atoms with Crippen molar-refractivity contribution in [3.05, 3.63) is 47.6 Å². The summed E-state index contributed by atoms with van der Waals surface area (Å²) in [6.07, 6.45) is 3.19. The van der Waals surface area contributed by atoms with E-state index < -0.39 is 6.04 Å². The molecule has 0 saturated heterocycles. The minimum Gasteiger partial charge on any atom is -0.394 e. The zero-order valence-electron chi connectivity index (χ0n) is 10.6. The summed E-state index contributed by atoms with van der Waals surface area (Å²) in [6.45, 7) is -0.194. The SMILES string of the molecule is N[C@H](CO)c1nc(C2(c3ccccc3)CCC2)no1. The molecule has 0 spiro atoms. The highest BCUT2D eigenvalue weighted by molar-refractivity contribution is 5.35. The minimum absolute atomic E-state index is 0.141. The molecule has 5 heteroatoms. The van der Waals surface area contributed by atoms with E-state index in [1.54, 1.807) is 0 Å². The number of aliphatic hydroxyl groups is 1. The van der Waals surface area contributed by atoms with Crippen molar-refractivity contribution in [3.63, 3.8) is 0 Å². The summed E-state index contributed by atoms with van der Waals surface area (Å²) in [4.78, 5) is 4.39. The molecule has 3 N–H and O–H groups in total. The Balaban J connectivity index is 1.97. The largest absolute Gasteiger partial charge is 0.394 e. The molecule has 1 aliphatic carbocycles. The zero-order chi connectivity index (χ0) is 13.3. The Bertz CT molecular complexity index is 549. The third kappa shape index (κ3) is 1.95. The van der Waals surface area contributed by atoms with Gasteiger partial charge in [-0.2, -0.15) is 4.98 Å². The van der Waals surface area contributed by atoms with Crippen LogP contribution in [-0.2, 0) is 5.41 Å². The maximum atomic E-state index is 9.04. The Hall–Kier alpha value is -1.72. The molecule has 1 aromatic carbocycles. The maximum absolute atomic E-state index is 9.04. The standard InChI is InChI=1S/C14H17N3O2/c15-11(9-18)12-16-13(17-19-12)14(7-4-8-14)10-5-2-1-3-6-10/h1-3,5-6,11,18H,4,7-9,15H2/t11-/m1/s1. The number of aromatic nitrogens is 2. The number of nitrogens with two attached hydrogens (primary N) is 1. The van der Waals surface area contributed by atoms with Crippen LogP contribution in [0.15, 0.2) is 34.9 Å². The molecule has 0 bridgehead atoms. The van der Waals surface area contributed by atoms with Crippen molar-refractivity contribution in [1.29, 1.82) is 0 Å². The molecule has 0 unspecified atom stereocenters. The summed E-state index contributed by atoms with van der Waals surface area (Å²) in [7, 11) is 0. The van der Waals surface area contributed by atoms with Crippen LogP contribution in [0.3, 0.4) is 0 Å². The Morgan fingerprint density at radius 2 is 2.05 bits per heavy atom. The quantitative estimate of drug-likeness (QED) is 0.869. The lowest BCUT2D eigenvalue weighted by Gasteiger charge is -2.39. The minimum atomic E-state index is -0.603. The number of aliphatic hydroxyl groups excluding tert-OH is 1. The van der Waals surface area contributed by atoms with E-state index in [9.17, 15) is 0 Å². The zero-order valence-corrected chi connectivity index (χ0v) is 10.6. The second-order valence-corrected chi connectivity index (χ2v) is 5.05. The van der Waals surface area contributed by atoms with E-state index in [4.69, 9.17) is 15.4 Å². The predicted octanol–water partition coefficient (Wildman–Crippen LogP) is 1.53. The lowest BCUT2D eigenvalue weighted by molar-refractivity contribution is 0.234. The van der Waals surface area contributed by atoms with E-state index in [-0.39, 0.29) is 12.0 Å². The van der Waals surface area contributed by atoms with Crippen molar-refractivity contribution in [2.45, 2.75) is 30.7 Å². The van der Waals surface area contributed by atoms with Crippen LogP contribution in [0.2, 0.25) is 0 Å². The normalized spacial score (nSPS) is 18.8. The van der Waals surface area contributed by atoms with Crippen LogP contribution in [0.25, 0.3) is 0 Å². The van der Waals surface area contributed by atoms with Gasteiger partial charge in [-0.1, -0.05) is 41.9 Å². The smallest absolute Gasteiger partial charge is 0.245 e. The highest BCUT2D eigenvalue weighted by Crippen LogP contribution is 2.47. The first-order valence-corrected chi connectivity index (χ1v) is 6.52. The molecule has 3 rings (SSSR count). The number of hydrogen-bond donors (Lipinski definition) is 2. The maximum Gasteiger partial charge on any atom is 0.245 e. The highest BCUT2D eigenvalue weighted by Gasteiger charge is 2.44. The van der Waals surface area contributed by atoms with Crippen LogP contribution in [0.5, 0.6) is 0 Å². The van der Waals surface area contributed by atoms with Gasteiger partial charge in [0.2, 0.25) is 5.89 Å². The first-order chi connectivity index (χ1) is 9.26. The summed E-state index contributed by atoms with van der Waals surface area (Å²) < 4.78 is 5.17. The summed E-state index contributed by atoms with van der Waals surface area (Å²) in [5.74, 6) is 0.989. The van der Waals surface area contributed by atoms with Crippen molar-refractivity contribution in [2.24, 2.45) is 5.73 Å². The van der Waals surface area contributed by atoms with Gasteiger partial charge in [-0.3, -0.25) is 0 Å². The lowest BCUT2D eigenvalue weighted by Crippen LogP contribution is -2.36. The fourth-order valence-corrected chi connectivity index (χ4v) is 2.59. The topological polar surface area (TPSA) is 85.2 Å². The van der Waals surface area contributed by atoms with Crippen LogP contribution in [-0.4, -0.2) is 21.9 Å². The Labute approximate surface area is 111 Å². The van der Waals surface area contributed by atoms with Gasteiger partial charge in [0.1, 0.15) is 6.04 Å². The van der Waals surface area contributed by atoms with Gasteiger partial charge in [0.25, 0.3) is 0 Å². The fraction of sp³-hybridized carbons (Fsp3) is 0.429. The molecule has 1 saturated carbocycles. The van der Waals surface area contributed by atoms with Gasteiger partial charge >= 0.3 is 0 Å². The van der Waals surface area contributed by atoms with Crippen molar-refractivity contribution >= 4 is 0 Å². The molecule has 19 heavy (non-hydrogen) atoms. The van der Waals surface area contributed by atoms with E-state index in [1.165, 1.54) is 5.56 Å². The average molecular weight is 259 g/mol. The highest BCUT2D eigenvalue weighted by atomic mass is 16.5. The first-order valence-electron chi connectivity index (χ1n) is 6.52. The molecule has 1 heterocycles. The number of benzene rings is 1. The van der Waals surface area contributed by atoms with Crippen LogP contribution < -0.4 is 5.73 Å². The molecule has 0 amide bonds. The summed E-state index contributed by atoms with van der Waals surface area (Å²) >= 11 is 0. The van der Waals surface area contributed by atoms with Crippen LogP contribution in [0.1, 0.15) is 42.6 Å². The van der Waals surface area contributed by atoms with Crippen molar-refractivity contribution in [2.75, 3.05) is 6.61 Å². The monoisotopic (exact) mass is 259 g/mol. The Morgan fingerprint density at radius 1 is 1.32 bits per heavy atom. The number of nitrogens with zero attached hydrogens (tertiary/aromatic N) is 2. The number of hydrogen-bond acceptors (Lipinski definition) is 5. The van der Waals surface area contributed by atoms with Gasteiger partial charge in [0, 0.05) is 0 Å². The van der Waals surface area contributed by atoms with E-state index in [2.05, 4.69) is 22.3 Å². The van der Waals surface area contributed by atoms with Crippen LogP contribution in [0.4, 0.5) is 0 Å². The van der Waals surface area contributed by atoms with Gasteiger partial charge in [-0.25, -0.2) is 0 Å². The molecule has 1 aromatic heterocycles. The summed E-state index contributed by atoms with van der Waals surface area (Å²) in [5.41, 5.74) is 6.78. The van der Waals surface area contributed by atoms with E-state index in [0.29, 0.717) is 11.7 Å². The third-order valence-electron chi connectivity index (χ3n) is 3.92. The third-order valence-corrected chi connectivity index (χ3v) is 3.92. The van der Waals surface area contributed by atoms with Crippen molar-refractivity contribution in [3.8, 4) is 0 Å². The molecule has 1 fully saturated rings. The summed E-state index contributed by atoms with van der Waals surface area (Å²) in [5, 5.41) is 13.1. The second-order valence-electron chi connectivity index (χ2n) is 5.05. The second kappa shape index (κ2) is 4.75. The van der Waals surface area contributed by atoms with Crippen molar-refractivity contribution in [1.82, 2.24) is 10.1 Å². The van der Waals surface area contributed by atoms with Gasteiger partial charge in [0.05, 0.1) is 12.0 Å². The molecule has 0 aliphatic heterocycles. The molecule has 100 valence electrons. The molecule has 1 atom stereocenters. The Kier molecular flexibility index (Phi) is 3.08. The van der Waals surface area contributed by atoms with Crippen molar-refractivity contribution < 1.29 is 9.63 Å². The summed E-state index contributed by atoms with van der Waals surface area (Å²) in [6, 6.07) is 9.64. The van der Waals surface area contributed by atoms with Gasteiger partial charge < -0.3 is 15.4 Å². The molecular weight excluding hydrogens is 242 g/mol. The fourth-order valence-electron chi connectivity index (χ4n) is 2.59. The van der Waals surface area contributed by atoms with E-state index in [1.807, 2.05) is 18.2 Å². The average Bonchev–Trinajstić information content (AvgIpc) is 2.88. The molecule has 5 nitrogen and oxygen atoms in total. The van der Waals surface area contributed by atoms with Gasteiger partial charge in [-0.15, -0.1) is 0 Å². The first kappa shape index (κ1) is 12.3. The molecular formula is C14H17N3O2. The van der Waals surface area contributed by atoms with Crippen LogP contribution in [0, 0.1) is 0 Å². The predicted molar refractivity (Wildman–Crippen MR) is 69.4 cm³/mol. The number of rotatable bonds is 4. The van der Waals surface area contributed by atoms with Crippen LogP contribution >= 0.6 is 0 Å².